The summed E-state index contributed by atoms with van der Waals surface area (Å²) in [5.41, 5.74) is 0.592. The third kappa shape index (κ3) is 3.82. The number of anilines is 1. The summed E-state index contributed by atoms with van der Waals surface area (Å²) in [6.45, 7) is 0. The fraction of sp³-hybridized carbons (Fsp3) is 0.350. The van der Waals surface area contributed by atoms with Crippen LogP contribution in [0.4, 0.5) is 5.69 Å². The molecule has 1 amide bonds. The Balaban J connectivity index is 1.52. The fourth-order valence-electron chi connectivity index (χ4n) is 4.24. The molecule has 0 aromatic heterocycles. The number of halogens is 1. The largest absolute Gasteiger partial charge is 0.349 e. The van der Waals surface area contributed by atoms with Crippen molar-refractivity contribution in [2.45, 2.75) is 36.6 Å². The van der Waals surface area contributed by atoms with Gasteiger partial charge in [0.1, 0.15) is 0 Å². The number of carbonyl (C=O) groups is 1. The van der Waals surface area contributed by atoms with E-state index < -0.39 is 10.0 Å². The summed E-state index contributed by atoms with van der Waals surface area (Å²) < 4.78 is 27.5. The summed E-state index contributed by atoms with van der Waals surface area (Å²) in [7, 11) is -3.72. The van der Waals surface area contributed by atoms with Crippen LogP contribution in [0.5, 0.6) is 0 Å². The van der Waals surface area contributed by atoms with Gasteiger partial charge in [0.15, 0.2) is 0 Å². The van der Waals surface area contributed by atoms with Crippen molar-refractivity contribution in [3.05, 3.63) is 59.1 Å². The molecule has 7 heteroatoms. The van der Waals surface area contributed by atoms with Gasteiger partial charge >= 0.3 is 0 Å². The van der Waals surface area contributed by atoms with Gasteiger partial charge in [-0.2, -0.15) is 0 Å². The Labute approximate surface area is 164 Å². The first-order valence-electron chi connectivity index (χ1n) is 9.10. The van der Waals surface area contributed by atoms with Gasteiger partial charge in [0.25, 0.3) is 15.9 Å². The molecule has 5 nitrogen and oxygen atoms in total. The van der Waals surface area contributed by atoms with E-state index in [9.17, 15) is 13.2 Å². The van der Waals surface area contributed by atoms with Crippen LogP contribution in [0.15, 0.2) is 53.4 Å². The second kappa shape index (κ2) is 7.17. The third-order valence-corrected chi connectivity index (χ3v) is 7.30. The summed E-state index contributed by atoms with van der Waals surface area (Å²) in [6, 6.07) is 12.9. The Bertz CT molecular complexity index is 962. The summed E-state index contributed by atoms with van der Waals surface area (Å²) in [4.78, 5) is 12.9. The molecule has 2 aromatic carbocycles. The average Bonchev–Trinajstić information content (AvgIpc) is 3.27. The topological polar surface area (TPSA) is 75.3 Å². The Morgan fingerprint density at radius 1 is 1.04 bits per heavy atom. The van der Waals surface area contributed by atoms with Gasteiger partial charge in [-0.05, 0) is 61.4 Å². The number of rotatable bonds is 5. The van der Waals surface area contributed by atoms with E-state index in [1.807, 2.05) is 0 Å². The van der Waals surface area contributed by atoms with Gasteiger partial charge in [0.05, 0.1) is 15.5 Å². The number of fused-ring (bicyclic) bond motifs is 2. The molecule has 4 rings (SSSR count). The second-order valence-corrected chi connectivity index (χ2v) is 9.46. The third-order valence-electron chi connectivity index (χ3n) is 5.57. The highest BCUT2D eigenvalue weighted by molar-refractivity contribution is 7.92. The van der Waals surface area contributed by atoms with E-state index >= 15 is 0 Å². The lowest BCUT2D eigenvalue weighted by Crippen LogP contribution is -2.38. The summed E-state index contributed by atoms with van der Waals surface area (Å²) in [5.74, 6) is 1.02. The van der Waals surface area contributed by atoms with E-state index in [2.05, 4.69) is 10.0 Å². The number of carbonyl (C=O) groups excluding carboxylic acids is 1. The first-order valence-corrected chi connectivity index (χ1v) is 11.0. The molecule has 3 atom stereocenters. The molecule has 2 fully saturated rings. The lowest BCUT2D eigenvalue weighted by molar-refractivity contribution is 0.0923. The molecule has 0 heterocycles. The van der Waals surface area contributed by atoms with Crippen molar-refractivity contribution in [3.63, 3.8) is 0 Å². The SMILES string of the molecule is O=C(N[C@H]1C[C@@H]2CC[C@@H]1C2)c1cc(NS(=O)(=O)c2ccccc2)ccc1Cl. The quantitative estimate of drug-likeness (QED) is 0.789. The highest BCUT2D eigenvalue weighted by Gasteiger charge is 2.40. The predicted molar refractivity (Wildman–Crippen MR) is 105 cm³/mol. The molecule has 0 unspecified atom stereocenters. The summed E-state index contributed by atoms with van der Waals surface area (Å²) >= 11 is 6.21. The van der Waals surface area contributed by atoms with Crippen molar-refractivity contribution in [3.8, 4) is 0 Å². The molecule has 0 radical (unpaired) electrons. The van der Waals surface area contributed by atoms with Crippen molar-refractivity contribution in [1.82, 2.24) is 5.32 Å². The van der Waals surface area contributed by atoms with Crippen LogP contribution in [-0.4, -0.2) is 20.4 Å². The summed E-state index contributed by atoms with van der Waals surface area (Å²) in [6.07, 6.45) is 4.64. The molecule has 2 aliphatic carbocycles. The van der Waals surface area contributed by atoms with Crippen LogP contribution < -0.4 is 10.0 Å². The highest BCUT2D eigenvalue weighted by atomic mass is 35.5. The van der Waals surface area contributed by atoms with Crippen molar-refractivity contribution < 1.29 is 13.2 Å². The standard InChI is InChI=1S/C20H21ClN2O3S/c21-18-9-8-15(23-27(25,26)16-4-2-1-3-5-16)12-17(18)20(24)22-19-11-13-6-7-14(19)10-13/h1-5,8-9,12-14,19,23H,6-7,10-11H2,(H,22,24)/t13-,14-,19+/m1/s1. The number of hydrogen-bond donors (Lipinski definition) is 2. The van der Waals surface area contributed by atoms with Crippen LogP contribution in [-0.2, 0) is 10.0 Å². The number of benzene rings is 2. The van der Waals surface area contributed by atoms with Gasteiger partial charge in [0, 0.05) is 11.7 Å². The zero-order valence-electron chi connectivity index (χ0n) is 14.7. The molecule has 2 aliphatic rings. The van der Waals surface area contributed by atoms with Gasteiger partial charge in [-0.15, -0.1) is 0 Å². The lowest BCUT2D eigenvalue weighted by atomic mass is 9.95. The molecule has 0 spiro atoms. The molecule has 2 aromatic rings. The van der Waals surface area contributed by atoms with E-state index in [0.717, 1.165) is 12.3 Å². The van der Waals surface area contributed by atoms with E-state index in [-0.39, 0.29) is 22.4 Å². The minimum atomic E-state index is -3.72. The fourth-order valence-corrected chi connectivity index (χ4v) is 5.52. The van der Waals surface area contributed by atoms with Crippen LogP contribution in [0.25, 0.3) is 0 Å². The van der Waals surface area contributed by atoms with E-state index in [1.54, 1.807) is 30.3 Å². The minimum absolute atomic E-state index is 0.160. The van der Waals surface area contributed by atoms with Crippen LogP contribution in [0.1, 0.15) is 36.0 Å². The normalized spacial score (nSPS) is 24.0. The Hall–Kier alpha value is -2.05. The van der Waals surface area contributed by atoms with E-state index in [0.29, 0.717) is 16.6 Å². The molecule has 2 bridgehead atoms. The first kappa shape index (κ1) is 18.3. The van der Waals surface area contributed by atoms with Gasteiger partial charge in [-0.3, -0.25) is 9.52 Å². The maximum atomic E-state index is 12.7. The van der Waals surface area contributed by atoms with Gasteiger partial charge in [-0.25, -0.2) is 8.42 Å². The molecule has 2 saturated carbocycles. The zero-order chi connectivity index (χ0) is 19.0. The Kier molecular flexibility index (Phi) is 4.86. The number of nitrogens with one attached hydrogen (secondary N) is 2. The maximum absolute atomic E-state index is 12.7. The van der Waals surface area contributed by atoms with Crippen molar-refractivity contribution in [2.24, 2.45) is 11.8 Å². The number of sulfonamides is 1. The van der Waals surface area contributed by atoms with Crippen LogP contribution in [0.3, 0.4) is 0 Å². The van der Waals surface area contributed by atoms with Crippen molar-refractivity contribution >= 4 is 33.2 Å². The van der Waals surface area contributed by atoms with Crippen LogP contribution in [0, 0.1) is 11.8 Å². The smallest absolute Gasteiger partial charge is 0.261 e. The van der Waals surface area contributed by atoms with E-state index in [4.69, 9.17) is 11.6 Å². The van der Waals surface area contributed by atoms with Crippen LogP contribution >= 0.6 is 11.6 Å². The number of amides is 1. The maximum Gasteiger partial charge on any atom is 0.261 e. The zero-order valence-corrected chi connectivity index (χ0v) is 16.3. The molecule has 0 saturated heterocycles. The Morgan fingerprint density at radius 3 is 2.48 bits per heavy atom. The molecular formula is C20H21ClN2O3S. The molecule has 0 aliphatic heterocycles. The van der Waals surface area contributed by atoms with E-state index in [1.165, 1.54) is 37.5 Å². The van der Waals surface area contributed by atoms with Crippen molar-refractivity contribution in [2.75, 3.05) is 4.72 Å². The number of hydrogen-bond acceptors (Lipinski definition) is 3. The van der Waals surface area contributed by atoms with Crippen molar-refractivity contribution in [1.29, 1.82) is 0 Å². The predicted octanol–water partition coefficient (Wildman–Crippen LogP) is 4.06. The second-order valence-electron chi connectivity index (χ2n) is 7.37. The molecule has 27 heavy (non-hydrogen) atoms. The molecular weight excluding hydrogens is 384 g/mol. The van der Waals surface area contributed by atoms with Crippen LogP contribution in [0.2, 0.25) is 5.02 Å². The Morgan fingerprint density at radius 2 is 1.81 bits per heavy atom. The van der Waals surface area contributed by atoms with Gasteiger partial charge < -0.3 is 5.32 Å². The van der Waals surface area contributed by atoms with Gasteiger partial charge in [-0.1, -0.05) is 36.2 Å². The highest BCUT2D eigenvalue weighted by Crippen LogP contribution is 2.44. The average molecular weight is 405 g/mol. The lowest BCUT2D eigenvalue weighted by Gasteiger charge is -2.23. The monoisotopic (exact) mass is 404 g/mol. The first-order chi connectivity index (χ1) is 12.9. The minimum Gasteiger partial charge on any atom is -0.349 e. The van der Waals surface area contributed by atoms with Gasteiger partial charge in [0.2, 0.25) is 0 Å². The molecule has 142 valence electrons. The summed E-state index contributed by atoms with van der Waals surface area (Å²) in [5, 5.41) is 3.39. The molecule has 2 N–H and O–H groups in total.